The lowest BCUT2D eigenvalue weighted by Crippen LogP contribution is -2.13. The minimum Gasteiger partial charge on any atom is -0.493 e. The van der Waals surface area contributed by atoms with Gasteiger partial charge in [-0.3, -0.25) is 10.1 Å². The van der Waals surface area contributed by atoms with Crippen molar-refractivity contribution in [1.29, 1.82) is 5.26 Å². The van der Waals surface area contributed by atoms with Gasteiger partial charge in [0.1, 0.15) is 21.5 Å². The minimum atomic E-state index is -4.19. The maximum absolute atomic E-state index is 12.7. The Morgan fingerprint density at radius 2 is 1.91 bits per heavy atom. The van der Waals surface area contributed by atoms with Gasteiger partial charge in [0.2, 0.25) is 10.9 Å². The molecule has 0 fully saturated rings. The third-order valence-electron chi connectivity index (χ3n) is 4.59. The van der Waals surface area contributed by atoms with Crippen LogP contribution >= 0.6 is 22.9 Å². The summed E-state index contributed by atoms with van der Waals surface area (Å²) in [5.41, 5.74) is 0.976. The van der Waals surface area contributed by atoms with Crippen molar-refractivity contribution in [1.82, 2.24) is 10.2 Å². The molecule has 9 nitrogen and oxygen atoms in total. The van der Waals surface area contributed by atoms with Crippen molar-refractivity contribution in [2.75, 3.05) is 12.4 Å². The van der Waals surface area contributed by atoms with Gasteiger partial charge in [0.05, 0.1) is 12.1 Å². The van der Waals surface area contributed by atoms with Crippen LogP contribution in [0.3, 0.4) is 0 Å². The number of carbonyl (C=O) groups is 1. The highest BCUT2D eigenvalue weighted by Gasteiger charge is 2.22. The summed E-state index contributed by atoms with van der Waals surface area (Å²) in [5.74, 6) is -0.752. The van der Waals surface area contributed by atoms with Crippen LogP contribution in [0.5, 0.6) is 11.5 Å². The number of ether oxygens (including phenoxy) is 1. The molecule has 12 heteroatoms. The smallest absolute Gasteiger partial charge is 0.339 e. The lowest BCUT2D eigenvalue weighted by Gasteiger charge is -2.13. The molecular formula is C23H21ClN4O5S2. The molecule has 3 rings (SSSR count). The standard InChI is InChI=1S/C23H21ClN4O5S2/c1-13(2)22-27-28-23(34-22)26-21(29)16(12-25)9-15-10-18(24)20(19(11-15)32-4)33-35(30,31)17-7-5-14(3)6-8-17/h5-11,13H,1-4H3,(H,26,28,29)/b16-9-. The molecule has 1 heterocycles. The van der Waals surface area contributed by atoms with Crippen molar-refractivity contribution in [3.63, 3.8) is 0 Å². The van der Waals surface area contributed by atoms with Gasteiger partial charge in [0.15, 0.2) is 5.75 Å². The second kappa shape index (κ2) is 10.9. The van der Waals surface area contributed by atoms with Crippen LogP contribution in [0.1, 0.15) is 35.9 Å². The van der Waals surface area contributed by atoms with E-state index in [1.165, 1.54) is 48.8 Å². The van der Waals surface area contributed by atoms with E-state index in [0.29, 0.717) is 5.56 Å². The highest BCUT2D eigenvalue weighted by Crippen LogP contribution is 2.39. The number of hydrogen-bond acceptors (Lipinski definition) is 9. The average Bonchev–Trinajstić information content (AvgIpc) is 3.28. The van der Waals surface area contributed by atoms with E-state index in [0.717, 1.165) is 10.6 Å². The summed E-state index contributed by atoms with van der Waals surface area (Å²) in [6, 6.07) is 10.7. The molecule has 0 unspecified atom stereocenters. The molecule has 0 radical (unpaired) electrons. The summed E-state index contributed by atoms with van der Waals surface area (Å²) in [6.45, 7) is 5.72. The number of nitrogens with one attached hydrogen (secondary N) is 1. The van der Waals surface area contributed by atoms with Gasteiger partial charge in [-0.1, -0.05) is 54.5 Å². The molecule has 0 aliphatic carbocycles. The summed E-state index contributed by atoms with van der Waals surface area (Å²) in [4.78, 5) is 12.5. The molecule has 35 heavy (non-hydrogen) atoms. The molecule has 0 spiro atoms. The number of aryl methyl sites for hydroxylation is 1. The first-order valence-corrected chi connectivity index (χ1v) is 12.8. The molecule has 0 saturated carbocycles. The van der Waals surface area contributed by atoms with E-state index < -0.39 is 16.0 Å². The maximum Gasteiger partial charge on any atom is 0.339 e. The van der Waals surface area contributed by atoms with Gasteiger partial charge in [-0.05, 0) is 42.8 Å². The normalized spacial score (nSPS) is 11.7. The number of benzene rings is 2. The van der Waals surface area contributed by atoms with Crippen LogP contribution in [0.2, 0.25) is 5.02 Å². The summed E-state index contributed by atoms with van der Waals surface area (Å²) in [5, 5.41) is 20.9. The number of rotatable bonds is 8. The Hall–Kier alpha value is -3.46. The minimum absolute atomic E-state index is 0.00262. The molecule has 0 aliphatic rings. The fourth-order valence-electron chi connectivity index (χ4n) is 2.76. The first-order chi connectivity index (χ1) is 16.5. The fourth-order valence-corrected chi connectivity index (χ4v) is 4.77. The summed E-state index contributed by atoms with van der Waals surface area (Å²) in [7, 11) is -2.88. The predicted molar refractivity (Wildman–Crippen MR) is 133 cm³/mol. The Labute approximate surface area is 212 Å². The van der Waals surface area contributed by atoms with Crippen molar-refractivity contribution in [3.8, 4) is 17.6 Å². The van der Waals surface area contributed by atoms with Gasteiger partial charge >= 0.3 is 10.1 Å². The van der Waals surface area contributed by atoms with Gasteiger partial charge in [-0.15, -0.1) is 10.2 Å². The Balaban J connectivity index is 1.88. The topological polar surface area (TPSA) is 131 Å². The largest absolute Gasteiger partial charge is 0.493 e. The molecule has 1 N–H and O–H groups in total. The van der Waals surface area contributed by atoms with Gasteiger partial charge in [-0.25, -0.2) is 0 Å². The van der Waals surface area contributed by atoms with E-state index in [-0.39, 0.29) is 38.0 Å². The quantitative estimate of drug-likeness (QED) is 0.245. The van der Waals surface area contributed by atoms with Gasteiger partial charge in [-0.2, -0.15) is 13.7 Å². The van der Waals surface area contributed by atoms with E-state index >= 15 is 0 Å². The fraction of sp³-hybridized carbons (Fsp3) is 0.217. The number of amides is 1. The Morgan fingerprint density at radius 3 is 2.49 bits per heavy atom. The number of carbonyl (C=O) groups excluding carboxylic acids is 1. The van der Waals surface area contributed by atoms with E-state index in [1.807, 2.05) is 26.8 Å². The lowest BCUT2D eigenvalue weighted by atomic mass is 10.1. The van der Waals surface area contributed by atoms with E-state index in [1.54, 1.807) is 12.1 Å². The molecule has 1 aromatic heterocycles. The summed E-state index contributed by atoms with van der Waals surface area (Å²) >= 11 is 7.51. The average molecular weight is 533 g/mol. The van der Waals surface area contributed by atoms with Gasteiger partial charge < -0.3 is 8.92 Å². The third kappa shape index (κ3) is 6.36. The van der Waals surface area contributed by atoms with Crippen LogP contribution < -0.4 is 14.2 Å². The molecule has 0 atom stereocenters. The summed E-state index contributed by atoms with van der Waals surface area (Å²) in [6.07, 6.45) is 1.28. The number of anilines is 1. The molecular weight excluding hydrogens is 512 g/mol. The van der Waals surface area contributed by atoms with E-state index in [4.69, 9.17) is 20.5 Å². The van der Waals surface area contributed by atoms with Gasteiger partial charge in [0, 0.05) is 5.92 Å². The van der Waals surface area contributed by atoms with Crippen LogP contribution in [-0.2, 0) is 14.9 Å². The molecule has 0 saturated heterocycles. The van der Waals surface area contributed by atoms with Crippen LogP contribution in [0.4, 0.5) is 5.13 Å². The zero-order valence-corrected chi connectivity index (χ0v) is 21.6. The Bertz CT molecular complexity index is 1430. The van der Waals surface area contributed by atoms with Crippen molar-refractivity contribution < 1.29 is 22.1 Å². The van der Waals surface area contributed by atoms with Crippen LogP contribution in [-0.4, -0.2) is 31.6 Å². The van der Waals surface area contributed by atoms with Crippen molar-refractivity contribution in [3.05, 3.63) is 63.1 Å². The van der Waals surface area contributed by atoms with Crippen LogP contribution in [0, 0.1) is 18.3 Å². The summed E-state index contributed by atoms with van der Waals surface area (Å²) < 4.78 is 35.9. The van der Waals surface area contributed by atoms with Crippen molar-refractivity contribution in [2.24, 2.45) is 0 Å². The SMILES string of the molecule is COc1cc(/C=C(/C#N)C(=O)Nc2nnc(C(C)C)s2)cc(Cl)c1OS(=O)(=O)c1ccc(C)cc1. The zero-order chi connectivity index (χ0) is 25.8. The predicted octanol–water partition coefficient (Wildman–Crippen LogP) is 4.95. The van der Waals surface area contributed by atoms with Crippen molar-refractivity contribution in [2.45, 2.75) is 31.6 Å². The van der Waals surface area contributed by atoms with Crippen molar-refractivity contribution >= 4 is 50.2 Å². The number of methoxy groups -OCH3 is 1. The second-order valence-corrected chi connectivity index (χ2v) is 10.6. The number of nitriles is 1. The van der Waals surface area contributed by atoms with Crippen LogP contribution in [0.15, 0.2) is 46.9 Å². The van der Waals surface area contributed by atoms with Gasteiger partial charge in [0.25, 0.3) is 5.91 Å². The van der Waals surface area contributed by atoms with E-state index in [2.05, 4.69) is 15.5 Å². The monoisotopic (exact) mass is 532 g/mol. The highest BCUT2D eigenvalue weighted by molar-refractivity contribution is 7.87. The molecule has 3 aromatic rings. The third-order valence-corrected chi connectivity index (χ3v) is 7.24. The number of halogens is 1. The van der Waals surface area contributed by atoms with Crippen LogP contribution in [0.25, 0.3) is 6.08 Å². The number of aromatic nitrogens is 2. The second-order valence-electron chi connectivity index (χ2n) is 7.61. The highest BCUT2D eigenvalue weighted by atomic mass is 35.5. The number of hydrogen-bond donors (Lipinski definition) is 1. The molecule has 2 aromatic carbocycles. The molecule has 0 aliphatic heterocycles. The first-order valence-electron chi connectivity index (χ1n) is 10.2. The van der Waals surface area contributed by atoms with E-state index in [9.17, 15) is 18.5 Å². The number of nitrogens with zero attached hydrogens (tertiary/aromatic N) is 3. The Morgan fingerprint density at radius 1 is 1.23 bits per heavy atom. The maximum atomic E-state index is 12.7. The lowest BCUT2D eigenvalue weighted by molar-refractivity contribution is -0.112. The molecule has 1 amide bonds. The zero-order valence-electron chi connectivity index (χ0n) is 19.2. The molecule has 0 bridgehead atoms. The first kappa shape index (κ1) is 26.2. The molecule has 182 valence electrons. The Kier molecular flexibility index (Phi) is 8.11.